The summed E-state index contributed by atoms with van der Waals surface area (Å²) in [6, 6.07) is 18.2. The van der Waals surface area contributed by atoms with Crippen LogP contribution < -0.4 is 21.7 Å². The molecule has 0 spiro atoms. The Morgan fingerprint density at radius 2 is 1.48 bits per heavy atom. The molecule has 0 bridgehead atoms. The average Bonchev–Trinajstić information content (AvgIpc) is 2.66. The van der Waals surface area contributed by atoms with Crippen molar-refractivity contribution in [3.63, 3.8) is 0 Å². The number of nitrogen functional groups attached to an aromatic ring is 1. The number of benzene rings is 3. The van der Waals surface area contributed by atoms with Crippen LogP contribution in [0.2, 0.25) is 5.02 Å². The van der Waals surface area contributed by atoms with Gasteiger partial charge in [0.2, 0.25) is 0 Å². The highest BCUT2D eigenvalue weighted by molar-refractivity contribution is 6.32. The molecule has 6 nitrogen and oxygen atoms in total. The van der Waals surface area contributed by atoms with Gasteiger partial charge in [0.05, 0.1) is 23.0 Å². The molecule has 0 radical (unpaired) electrons. The smallest absolute Gasteiger partial charge is 0.134 e. The van der Waals surface area contributed by atoms with Crippen LogP contribution in [-0.4, -0.2) is 23.4 Å². The van der Waals surface area contributed by atoms with E-state index in [0.29, 0.717) is 12.2 Å². The Kier molecular flexibility index (Phi) is 5.90. The van der Waals surface area contributed by atoms with Gasteiger partial charge in [-0.15, -0.1) is 0 Å². The van der Waals surface area contributed by atoms with E-state index in [0.717, 1.165) is 28.4 Å². The highest BCUT2D eigenvalue weighted by Gasteiger charge is 2.07. The van der Waals surface area contributed by atoms with E-state index in [9.17, 15) is 5.11 Å². The van der Waals surface area contributed by atoms with Gasteiger partial charge in [-0.1, -0.05) is 11.6 Å². The highest BCUT2D eigenvalue weighted by atomic mass is 35.5. The van der Waals surface area contributed by atoms with Crippen molar-refractivity contribution < 1.29 is 10.2 Å². The Labute approximate surface area is 162 Å². The van der Waals surface area contributed by atoms with Crippen molar-refractivity contribution in [2.24, 2.45) is 0 Å². The molecule has 140 valence electrons. The van der Waals surface area contributed by atoms with Crippen molar-refractivity contribution in [2.45, 2.75) is 0 Å². The summed E-state index contributed by atoms with van der Waals surface area (Å²) in [5, 5.41) is 28.7. The molecule has 0 heterocycles. The number of anilines is 6. The van der Waals surface area contributed by atoms with Gasteiger partial charge < -0.3 is 31.9 Å². The van der Waals surface area contributed by atoms with Crippen LogP contribution in [0.5, 0.6) is 5.75 Å². The van der Waals surface area contributed by atoms with Gasteiger partial charge in [0.1, 0.15) is 5.75 Å². The molecule has 0 saturated carbocycles. The van der Waals surface area contributed by atoms with Crippen LogP contribution in [0.1, 0.15) is 0 Å². The minimum Gasteiger partial charge on any atom is -0.506 e. The molecule has 7 heteroatoms. The van der Waals surface area contributed by atoms with Crippen molar-refractivity contribution in [1.82, 2.24) is 0 Å². The average molecular weight is 385 g/mol. The zero-order valence-corrected chi connectivity index (χ0v) is 15.3. The van der Waals surface area contributed by atoms with Gasteiger partial charge in [-0.05, 0) is 60.7 Å². The molecule has 0 amide bonds. The number of aliphatic hydroxyl groups is 1. The molecule has 3 rings (SSSR count). The Hall–Kier alpha value is -3.09. The van der Waals surface area contributed by atoms with E-state index in [4.69, 9.17) is 22.4 Å². The van der Waals surface area contributed by atoms with Crippen LogP contribution in [0.3, 0.4) is 0 Å². The first-order valence-electron chi connectivity index (χ1n) is 8.42. The number of aliphatic hydroxyl groups excluding tert-OH is 1. The minimum absolute atomic E-state index is 0.0237. The second-order valence-electron chi connectivity index (χ2n) is 5.95. The molecule has 0 aromatic heterocycles. The van der Waals surface area contributed by atoms with E-state index in [1.165, 1.54) is 6.07 Å². The van der Waals surface area contributed by atoms with Crippen LogP contribution in [0.4, 0.5) is 34.1 Å². The topological polar surface area (TPSA) is 103 Å². The normalized spacial score (nSPS) is 10.4. The molecule has 0 aliphatic heterocycles. The molecule has 0 unspecified atom stereocenters. The number of hydrogen-bond donors (Lipinski definition) is 6. The van der Waals surface area contributed by atoms with Gasteiger partial charge in [-0.3, -0.25) is 0 Å². The van der Waals surface area contributed by atoms with E-state index >= 15 is 0 Å². The molecule has 3 aromatic rings. The third-order valence-electron chi connectivity index (χ3n) is 3.87. The van der Waals surface area contributed by atoms with Crippen molar-refractivity contribution in [3.8, 4) is 5.75 Å². The number of nitrogens with two attached hydrogens (primary N) is 1. The highest BCUT2D eigenvalue weighted by Crippen LogP contribution is 2.33. The van der Waals surface area contributed by atoms with Crippen LogP contribution in [0.15, 0.2) is 60.7 Å². The number of hydrogen-bond acceptors (Lipinski definition) is 6. The first kappa shape index (κ1) is 18.7. The van der Waals surface area contributed by atoms with Gasteiger partial charge >= 0.3 is 0 Å². The van der Waals surface area contributed by atoms with E-state index < -0.39 is 0 Å². The first-order chi connectivity index (χ1) is 13.0. The van der Waals surface area contributed by atoms with Crippen molar-refractivity contribution in [2.75, 3.05) is 34.8 Å². The quantitative estimate of drug-likeness (QED) is 0.264. The summed E-state index contributed by atoms with van der Waals surface area (Å²) < 4.78 is 0. The van der Waals surface area contributed by atoms with Crippen LogP contribution >= 0.6 is 11.6 Å². The summed E-state index contributed by atoms with van der Waals surface area (Å²) in [6.07, 6.45) is 0. The lowest BCUT2D eigenvalue weighted by atomic mass is 10.2. The maximum atomic E-state index is 9.59. The monoisotopic (exact) mass is 384 g/mol. The Bertz CT molecular complexity index is 916. The first-order valence-corrected chi connectivity index (χ1v) is 8.80. The van der Waals surface area contributed by atoms with Gasteiger partial charge in [-0.25, -0.2) is 0 Å². The summed E-state index contributed by atoms with van der Waals surface area (Å²) in [6.45, 7) is 0.450. The van der Waals surface area contributed by atoms with E-state index in [-0.39, 0.29) is 17.4 Å². The van der Waals surface area contributed by atoms with E-state index in [2.05, 4.69) is 16.0 Å². The fourth-order valence-electron chi connectivity index (χ4n) is 2.54. The molecule has 27 heavy (non-hydrogen) atoms. The second kappa shape index (κ2) is 8.53. The van der Waals surface area contributed by atoms with Gasteiger partial charge in [-0.2, -0.15) is 0 Å². The fraction of sp³-hybridized carbons (Fsp3) is 0.100. The Morgan fingerprint density at radius 3 is 2.19 bits per heavy atom. The molecule has 0 fully saturated rings. The number of phenolic OH excluding ortho intramolecular Hbond substituents is 1. The lowest BCUT2D eigenvalue weighted by molar-refractivity contribution is 0.311. The number of rotatable bonds is 7. The standard InChI is InChI=1S/C20H21ClN4O2/c21-17-11-15(6-8-20(17)27)25-19-12-16(5-7-18(19)23-9-10-26)24-14-3-1-13(22)2-4-14/h1-8,11-12,23-27H,9-10,22H2. The minimum atomic E-state index is 0.0237. The van der Waals surface area contributed by atoms with Crippen LogP contribution in [0, 0.1) is 0 Å². The van der Waals surface area contributed by atoms with Crippen molar-refractivity contribution in [3.05, 3.63) is 65.7 Å². The lowest BCUT2D eigenvalue weighted by Gasteiger charge is -2.16. The van der Waals surface area contributed by atoms with Crippen molar-refractivity contribution >= 4 is 45.7 Å². The summed E-state index contributed by atoms with van der Waals surface area (Å²) in [7, 11) is 0. The maximum absolute atomic E-state index is 9.59. The largest absolute Gasteiger partial charge is 0.506 e. The Balaban J connectivity index is 1.87. The molecule has 3 aromatic carbocycles. The number of nitrogens with one attached hydrogen (secondary N) is 3. The SMILES string of the molecule is Nc1ccc(Nc2ccc(NCCO)c(Nc3ccc(O)c(Cl)c3)c2)cc1. The van der Waals surface area contributed by atoms with Gasteiger partial charge in [0.25, 0.3) is 0 Å². The second-order valence-corrected chi connectivity index (χ2v) is 6.36. The van der Waals surface area contributed by atoms with Crippen LogP contribution in [-0.2, 0) is 0 Å². The predicted octanol–water partition coefficient (Wildman–Crippen LogP) is 4.52. The third-order valence-corrected chi connectivity index (χ3v) is 4.18. The number of phenols is 1. The summed E-state index contributed by atoms with van der Waals surface area (Å²) in [5.74, 6) is 0.0274. The zero-order chi connectivity index (χ0) is 19.2. The van der Waals surface area contributed by atoms with Crippen LogP contribution in [0.25, 0.3) is 0 Å². The van der Waals surface area contributed by atoms with E-state index in [1.54, 1.807) is 12.1 Å². The number of aromatic hydroxyl groups is 1. The molecule has 0 aliphatic rings. The zero-order valence-electron chi connectivity index (χ0n) is 14.5. The number of halogens is 1. The summed E-state index contributed by atoms with van der Waals surface area (Å²) in [4.78, 5) is 0. The molecule has 0 aliphatic carbocycles. The Morgan fingerprint density at radius 1 is 0.815 bits per heavy atom. The lowest BCUT2D eigenvalue weighted by Crippen LogP contribution is -2.07. The summed E-state index contributed by atoms with van der Waals surface area (Å²) in [5.41, 5.74) is 10.6. The molecule has 7 N–H and O–H groups in total. The van der Waals surface area contributed by atoms with Gasteiger partial charge in [0, 0.05) is 29.3 Å². The van der Waals surface area contributed by atoms with E-state index in [1.807, 2.05) is 42.5 Å². The summed E-state index contributed by atoms with van der Waals surface area (Å²) >= 11 is 5.99. The predicted molar refractivity (Wildman–Crippen MR) is 113 cm³/mol. The molecule has 0 saturated heterocycles. The third kappa shape index (κ3) is 4.97. The maximum Gasteiger partial charge on any atom is 0.134 e. The molecule has 0 atom stereocenters. The van der Waals surface area contributed by atoms with Gasteiger partial charge in [0.15, 0.2) is 0 Å². The molecular formula is C20H21ClN4O2. The molecular weight excluding hydrogens is 364 g/mol. The fourth-order valence-corrected chi connectivity index (χ4v) is 2.72. The van der Waals surface area contributed by atoms with Crippen molar-refractivity contribution in [1.29, 1.82) is 0 Å².